The van der Waals surface area contributed by atoms with Crippen LogP contribution >= 0.6 is 54.0 Å². The van der Waals surface area contributed by atoms with Gasteiger partial charge in [0.1, 0.15) is 17.7 Å². The van der Waals surface area contributed by atoms with Crippen LogP contribution < -0.4 is 5.32 Å². The summed E-state index contributed by atoms with van der Waals surface area (Å²) in [7, 11) is 3.05. The highest BCUT2D eigenvalue weighted by Crippen LogP contribution is 2.34. The molecule has 3 amide bonds. The predicted molar refractivity (Wildman–Crippen MR) is 245 cm³/mol. The lowest BCUT2D eigenvalue weighted by molar-refractivity contribution is -0.137. The summed E-state index contributed by atoms with van der Waals surface area (Å²) in [4.78, 5) is 58.9. The number of carbonyl (C=O) groups excluding carboxylic acids is 3. The number of imidazole rings is 2. The molecule has 2 aliphatic rings. The van der Waals surface area contributed by atoms with Gasteiger partial charge in [0.2, 0.25) is 11.8 Å². The molecule has 16 heteroatoms. The monoisotopic (exact) mass is 859 g/mol. The van der Waals surface area contributed by atoms with E-state index >= 15 is 0 Å². The number of likely N-dealkylation sites (tertiary alicyclic amines) is 1. The van der Waals surface area contributed by atoms with Crippen molar-refractivity contribution in [1.29, 1.82) is 0 Å². The van der Waals surface area contributed by atoms with Crippen molar-refractivity contribution in [2.45, 2.75) is 83.8 Å². The Morgan fingerprint density at radius 3 is 1.84 bits per heavy atom. The molecule has 57 heavy (non-hydrogen) atoms. The molecular weight excluding hydrogens is 799 g/mol. The van der Waals surface area contributed by atoms with Crippen molar-refractivity contribution in [3.63, 3.8) is 0 Å². The fourth-order valence-electron chi connectivity index (χ4n) is 7.25. The van der Waals surface area contributed by atoms with Gasteiger partial charge in [-0.25, -0.2) is 14.8 Å². The Hall–Kier alpha value is -3.57. The van der Waals surface area contributed by atoms with E-state index in [1.165, 1.54) is 7.11 Å². The molecule has 4 atom stereocenters. The molecule has 4 heterocycles. The van der Waals surface area contributed by atoms with E-state index in [2.05, 4.69) is 77.7 Å². The summed E-state index contributed by atoms with van der Waals surface area (Å²) in [6, 6.07) is 15.6. The normalized spacial score (nSPS) is 19.4. The van der Waals surface area contributed by atoms with Crippen molar-refractivity contribution in [3.8, 4) is 33.6 Å². The number of ether oxygens (including phenoxy) is 2. The maximum Gasteiger partial charge on any atom is 0.407 e. The second-order valence-corrected chi connectivity index (χ2v) is 14.6. The van der Waals surface area contributed by atoms with Crippen LogP contribution in [0, 0.1) is 11.8 Å². The van der Waals surface area contributed by atoms with Crippen molar-refractivity contribution < 1.29 is 23.9 Å². The van der Waals surface area contributed by atoms with Gasteiger partial charge in [-0.1, -0.05) is 82.1 Å². The molecule has 2 aromatic carbocycles. The number of rotatable bonds is 8. The lowest BCUT2D eigenvalue weighted by Crippen LogP contribution is -2.48. The van der Waals surface area contributed by atoms with Crippen molar-refractivity contribution >= 4 is 71.9 Å². The van der Waals surface area contributed by atoms with Crippen LogP contribution in [0.15, 0.2) is 60.9 Å². The number of aromatic amines is 2. The van der Waals surface area contributed by atoms with E-state index in [-0.39, 0.29) is 83.8 Å². The Bertz CT molecular complexity index is 1850. The van der Waals surface area contributed by atoms with Crippen LogP contribution in [0.2, 0.25) is 0 Å². The number of hydrogen-bond donors (Lipinski definition) is 3. The van der Waals surface area contributed by atoms with E-state index in [1.54, 1.807) is 18.1 Å². The second-order valence-electron chi connectivity index (χ2n) is 14.6. The molecule has 12 nitrogen and oxygen atoms in total. The molecule has 0 bridgehead atoms. The first kappa shape index (κ1) is 49.6. The quantitative estimate of drug-likeness (QED) is 0.164. The molecule has 6 rings (SSSR count). The number of nitrogens with zero attached hydrogens (tertiary/aromatic N) is 4. The van der Waals surface area contributed by atoms with Crippen LogP contribution in [0.4, 0.5) is 4.79 Å². The summed E-state index contributed by atoms with van der Waals surface area (Å²) in [6.45, 7) is 8.13. The molecule has 0 aliphatic carbocycles. The number of hydrogen-bond acceptors (Lipinski definition) is 7. The van der Waals surface area contributed by atoms with Crippen molar-refractivity contribution in [2.24, 2.45) is 11.8 Å². The molecule has 0 radical (unpaired) electrons. The first-order chi connectivity index (χ1) is 25.6. The fraction of sp³-hybridized carbons (Fsp3) is 0.488. The highest BCUT2D eigenvalue weighted by molar-refractivity contribution is 7.59. The number of H-pyrrole nitrogens is 2. The molecule has 3 N–H and O–H groups in total. The molecule has 2 fully saturated rings. The second kappa shape index (κ2) is 23.1. The van der Waals surface area contributed by atoms with E-state index in [4.69, 9.17) is 19.4 Å². The number of methoxy groups -OCH3 is 1. The van der Waals surface area contributed by atoms with Crippen molar-refractivity contribution in [1.82, 2.24) is 35.1 Å². The van der Waals surface area contributed by atoms with E-state index in [0.717, 1.165) is 78.1 Å². The zero-order valence-corrected chi connectivity index (χ0v) is 37.6. The summed E-state index contributed by atoms with van der Waals surface area (Å²) >= 11 is 0. The summed E-state index contributed by atoms with van der Waals surface area (Å²) in [5, 5.41) is 2.73. The summed E-state index contributed by atoms with van der Waals surface area (Å²) < 4.78 is 10.7. The van der Waals surface area contributed by atoms with Crippen LogP contribution in [0.25, 0.3) is 33.6 Å². The van der Waals surface area contributed by atoms with Crippen molar-refractivity contribution in [2.75, 3.05) is 33.9 Å². The van der Waals surface area contributed by atoms with Gasteiger partial charge in [0.05, 0.1) is 43.0 Å². The highest BCUT2D eigenvalue weighted by Gasteiger charge is 2.35. The van der Waals surface area contributed by atoms with Gasteiger partial charge in [-0.2, -0.15) is 54.0 Å². The smallest absolute Gasteiger partial charge is 0.407 e. The standard InChI is InChI=1S/C41H53N7O5.4H2S/c1-26(2)27(3)39(49)48-21-9-11-36(48)38-43-25-34(45-38)31-18-14-29(15-19-31)28-12-16-30(17-13-28)33-24-42-37(44-33)35-20-23-53-22-8-6-7-10-32(40(50)47(35)4)46-41(51)52-5;;;;/h12-19,24-27,32,35-36H,6-11,20-23H2,1-5H3,(H,42,44)(H,43,45)(H,46,51);4*1H2/t27-,32-,35-,36-;;;;/m0..../s1. The van der Waals surface area contributed by atoms with E-state index in [0.29, 0.717) is 37.8 Å². The van der Waals surface area contributed by atoms with E-state index in [9.17, 15) is 14.4 Å². The van der Waals surface area contributed by atoms with Gasteiger partial charge in [-0.05, 0) is 60.3 Å². The molecule has 0 unspecified atom stereocenters. The Labute approximate surface area is 364 Å². The van der Waals surface area contributed by atoms with Crippen molar-refractivity contribution in [3.05, 3.63) is 72.6 Å². The third-order valence-electron chi connectivity index (χ3n) is 10.9. The Kier molecular flexibility index (Phi) is 20.1. The molecule has 2 saturated heterocycles. The number of amides is 3. The number of benzene rings is 2. The lowest BCUT2D eigenvalue weighted by Gasteiger charge is -2.31. The summed E-state index contributed by atoms with van der Waals surface area (Å²) in [5.74, 6) is 1.81. The van der Waals surface area contributed by atoms with Gasteiger partial charge in [0, 0.05) is 32.7 Å². The Morgan fingerprint density at radius 1 is 0.754 bits per heavy atom. The van der Waals surface area contributed by atoms with E-state index < -0.39 is 12.1 Å². The van der Waals surface area contributed by atoms with Gasteiger partial charge in [-0.15, -0.1) is 0 Å². The molecule has 2 aromatic heterocycles. The average molecular weight is 860 g/mol. The number of aromatic nitrogens is 4. The SMILES string of the molecule is COC(=O)N[C@H]1CCCCCOCC[C@@H](c2ncc(-c3ccc(-c4ccc(-c5cnc([C@@H]6CCCN6C(=O)[C@@H](C)C(C)C)[nH]5)cc4)cc3)[nH]2)N(C)C1=O.S.S.S.S. The lowest BCUT2D eigenvalue weighted by atomic mass is 9.96. The molecule has 4 aromatic rings. The number of likely N-dealkylation sites (N-methyl/N-ethyl adjacent to an activating group) is 1. The number of alkyl carbamates (subject to hydrolysis) is 1. The van der Waals surface area contributed by atoms with Crippen LogP contribution in [0.3, 0.4) is 0 Å². The van der Waals surface area contributed by atoms with Gasteiger partial charge in [0.15, 0.2) is 0 Å². The molecule has 314 valence electrons. The average Bonchev–Trinajstić information content (AvgIpc) is 3.97. The van der Waals surface area contributed by atoms with Crippen LogP contribution in [-0.2, 0) is 19.1 Å². The first-order valence-corrected chi connectivity index (χ1v) is 18.9. The summed E-state index contributed by atoms with van der Waals surface area (Å²) in [5.41, 5.74) is 5.95. The third kappa shape index (κ3) is 12.0. The van der Waals surface area contributed by atoms with E-state index in [1.807, 2.05) is 18.0 Å². The predicted octanol–water partition coefficient (Wildman–Crippen LogP) is 7.75. The van der Waals surface area contributed by atoms with Gasteiger partial charge >= 0.3 is 6.09 Å². The Morgan fingerprint density at radius 2 is 1.30 bits per heavy atom. The minimum Gasteiger partial charge on any atom is -0.453 e. The highest BCUT2D eigenvalue weighted by atomic mass is 32.1. The molecular formula is C41H61N7O5S4. The minimum atomic E-state index is -0.679. The Balaban J connectivity index is 0.00000280. The largest absolute Gasteiger partial charge is 0.453 e. The third-order valence-corrected chi connectivity index (χ3v) is 10.9. The van der Waals surface area contributed by atoms with Crippen LogP contribution in [0.5, 0.6) is 0 Å². The zero-order valence-electron chi connectivity index (χ0n) is 33.6. The molecule has 0 spiro atoms. The maximum absolute atomic E-state index is 13.6. The van der Waals surface area contributed by atoms with Gasteiger partial charge < -0.3 is 34.6 Å². The minimum absolute atomic E-state index is 0. The topological polar surface area (TPSA) is 146 Å². The summed E-state index contributed by atoms with van der Waals surface area (Å²) in [6.07, 6.45) is 8.64. The van der Waals surface area contributed by atoms with Crippen LogP contribution in [-0.4, -0.2) is 87.6 Å². The number of nitrogens with one attached hydrogen (secondary N) is 3. The zero-order chi connectivity index (χ0) is 37.5. The van der Waals surface area contributed by atoms with Crippen LogP contribution in [0.1, 0.15) is 89.4 Å². The molecule has 2 aliphatic heterocycles. The van der Waals surface area contributed by atoms with Gasteiger partial charge in [-0.3, -0.25) is 9.59 Å². The molecule has 0 saturated carbocycles. The maximum atomic E-state index is 13.6. The number of carbonyl (C=O) groups is 3. The van der Waals surface area contributed by atoms with Gasteiger partial charge in [0.25, 0.3) is 0 Å². The first-order valence-electron chi connectivity index (χ1n) is 18.9. The fourth-order valence-corrected chi connectivity index (χ4v) is 7.25.